The van der Waals surface area contributed by atoms with E-state index in [9.17, 15) is 22.8 Å². The summed E-state index contributed by atoms with van der Waals surface area (Å²) in [6.45, 7) is -0.389. The Balaban J connectivity index is 1.53. The smallest absolute Gasteiger partial charge is 0.343 e. The van der Waals surface area contributed by atoms with Crippen LogP contribution in [0.2, 0.25) is 0 Å². The fourth-order valence-corrected chi connectivity index (χ4v) is 3.07. The third kappa shape index (κ3) is 4.95. The second-order valence-electron chi connectivity index (χ2n) is 5.71. The SMILES string of the molecule is O=C(CNC(=O)c1ccc(-c2ccccc2)cc1)Nc1nc(C(F)(F)F)cs1. The molecular formula is C19H14F3N3O2S. The van der Waals surface area contributed by atoms with Crippen LogP contribution in [0, 0.1) is 0 Å². The van der Waals surface area contributed by atoms with Gasteiger partial charge in [-0.1, -0.05) is 42.5 Å². The van der Waals surface area contributed by atoms with E-state index < -0.39 is 23.7 Å². The molecule has 0 saturated carbocycles. The molecule has 0 atom stereocenters. The first kappa shape index (κ1) is 19.6. The van der Waals surface area contributed by atoms with Crippen LogP contribution in [0.1, 0.15) is 16.1 Å². The van der Waals surface area contributed by atoms with E-state index in [2.05, 4.69) is 15.6 Å². The molecule has 1 aromatic heterocycles. The highest BCUT2D eigenvalue weighted by molar-refractivity contribution is 7.13. The Morgan fingerprint density at radius 2 is 1.61 bits per heavy atom. The Morgan fingerprint density at radius 1 is 0.964 bits per heavy atom. The first-order chi connectivity index (χ1) is 13.3. The molecule has 144 valence electrons. The molecule has 0 aliphatic heterocycles. The Morgan fingerprint density at radius 3 is 2.21 bits per heavy atom. The molecule has 9 heteroatoms. The number of hydrogen-bond donors (Lipinski definition) is 2. The molecule has 0 fully saturated rings. The molecule has 3 rings (SSSR count). The highest BCUT2D eigenvalue weighted by Gasteiger charge is 2.33. The number of carbonyl (C=O) groups excluding carboxylic acids is 2. The topological polar surface area (TPSA) is 71.1 Å². The predicted molar refractivity (Wildman–Crippen MR) is 100.0 cm³/mol. The van der Waals surface area contributed by atoms with E-state index in [0.29, 0.717) is 16.9 Å². The monoisotopic (exact) mass is 405 g/mol. The van der Waals surface area contributed by atoms with Gasteiger partial charge in [0.25, 0.3) is 5.91 Å². The van der Waals surface area contributed by atoms with Gasteiger partial charge in [-0.15, -0.1) is 11.3 Å². The number of benzene rings is 2. The van der Waals surface area contributed by atoms with Crippen LogP contribution in [0.15, 0.2) is 60.0 Å². The molecule has 2 N–H and O–H groups in total. The minimum Gasteiger partial charge on any atom is -0.343 e. The molecule has 2 amide bonds. The molecule has 0 saturated heterocycles. The largest absolute Gasteiger partial charge is 0.434 e. The van der Waals surface area contributed by atoms with Gasteiger partial charge in [-0.05, 0) is 23.3 Å². The number of halogens is 3. The zero-order valence-corrected chi connectivity index (χ0v) is 15.1. The second kappa shape index (κ2) is 8.22. The van der Waals surface area contributed by atoms with Crippen LogP contribution in [-0.2, 0) is 11.0 Å². The number of hydrogen-bond acceptors (Lipinski definition) is 4. The molecule has 3 aromatic rings. The number of carbonyl (C=O) groups is 2. The maximum absolute atomic E-state index is 12.5. The molecule has 28 heavy (non-hydrogen) atoms. The van der Waals surface area contributed by atoms with E-state index in [1.807, 2.05) is 30.3 Å². The molecule has 0 bridgehead atoms. The summed E-state index contributed by atoms with van der Waals surface area (Å²) in [5, 5.41) is 5.27. The summed E-state index contributed by atoms with van der Waals surface area (Å²) < 4.78 is 37.5. The van der Waals surface area contributed by atoms with E-state index in [1.165, 1.54) is 0 Å². The standard InChI is InChI=1S/C19H14F3N3O2S/c20-19(21,22)15-11-28-18(24-15)25-16(26)10-23-17(27)14-8-6-13(7-9-14)12-4-2-1-3-5-12/h1-9,11H,10H2,(H,23,27)(H,24,25,26). The highest BCUT2D eigenvalue weighted by Crippen LogP contribution is 2.31. The molecule has 5 nitrogen and oxygen atoms in total. The van der Waals surface area contributed by atoms with Crippen LogP contribution in [-0.4, -0.2) is 23.3 Å². The van der Waals surface area contributed by atoms with Crippen molar-refractivity contribution in [3.8, 4) is 11.1 Å². The Bertz CT molecular complexity index is 970. The molecule has 2 aromatic carbocycles. The molecule has 1 heterocycles. The lowest BCUT2D eigenvalue weighted by Gasteiger charge is -2.07. The normalized spacial score (nSPS) is 11.1. The van der Waals surface area contributed by atoms with Crippen LogP contribution < -0.4 is 10.6 Å². The van der Waals surface area contributed by atoms with E-state index in [4.69, 9.17) is 0 Å². The summed E-state index contributed by atoms with van der Waals surface area (Å²) in [6, 6.07) is 16.5. The molecule has 0 spiro atoms. The summed E-state index contributed by atoms with van der Waals surface area (Å²) in [5.74, 6) is -1.14. The van der Waals surface area contributed by atoms with Gasteiger partial charge in [0.1, 0.15) is 0 Å². The van der Waals surface area contributed by atoms with Gasteiger partial charge in [-0.3, -0.25) is 9.59 Å². The van der Waals surface area contributed by atoms with Gasteiger partial charge in [0.05, 0.1) is 6.54 Å². The minimum atomic E-state index is -4.57. The van der Waals surface area contributed by atoms with Gasteiger partial charge in [0.15, 0.2) is 10.8 Å². The second-order valence-corrected chi connectivity index (χ2v) is 6.57. The average molecular weight is 405 g/mol. The number of nitrogens with one attached hydrogen (secondary N) is 2. The Hall–Kier alpha value is -3.20. The number of aromatic nitrogens is 1. The van der Waals surface area contributed by atoms with Crippen molar-refractivity contribution in [3.05, 3.63) is 71.2 Å². The van der Waals surface area contributed by atoms with E-state index in [-0.39, 0.29) is 11.7 Å². The fraction of sp³-hybridized carbons (Fsp3) is 0.105. The lowest BCUT2D eigenvalue weighted by Crippen LogP contribution is -2.32. The summed E-state index contributed by atoms with van der Waals surface area (Å²) in [5.41, 5.74) is 1.24. The van der Waals surface area contributed by atoms with Crippen molar-refractivity contribution in [1.82, 2.24) is 10.3 Å². The number of nitrogens with zero attached hydrogens (tertiary/aromatic N) is 1. The van der Waals surface area contributed by atoms with Gasteiger partial charge in [0.2, 0.25) is 5.91 Å². The number of amides is 2. The average Bonchev–Trinajstić information content (AvgIpc) is 3.16. The van der Waals surface area contributed by atoms with Crippen LogP contribution in [0.25, 0.3) is 11.1 Å². The Labute approximate surface area is 162 Å². The van der Waals surface area contributed by atoms with Gasteiger partial charge >= 0.3 is 6.18 Å². The molecular weight excluding hydrogens is 391 g/mol. The van der Waals surface area contributed by atoms with Crippen molar-refractivity contribution >= 4 is 28.3 Å². The zero-order valence-electron chi connectivity index (χ0n) is 14.3. The lowest BCUT2D eigenvalue weighted by atomic mass is 10.0. The zero-order chi connectivity index (χ0) is 20.1. The van der Waals surface area contributed by atoms with E-state index in [0.717, 1.165) is 16.5 Å². The summed E-state index contributed by atoms with van der Waals surface area (Å²) in [6.07, 6.45) is -4.57. The minimum absolute atomic E-state index is 0.182. The molecule has 0 unspecified atom stereocenters. The van der Waals surface area contributed by atoms with Gasteiger partial charge in [-0.25, -0.2) is 4.98 Å². The number of rotatable bonds is 5. The molecule has 0 aliphatic carbocycles. The quantitative estimate of drug-likeness (QED) is 0.669. The van der Waals surface area contributed by atoms with Crippen LogP contribution in [0.5, 0.6) is 0 Å². The van der Waals surface area contributed by atoms with Gasteiger partial charge < -0.3 is 10.6 Å². The van der Waals surface area contributed by atoms with Gasteiger partial charge in [-0.2, -0.15) is 13.2 Å². The van der Waals surface area contributed by atoms with Crippen LogP contribution >= 0.6 is 11.3 Å². The van der Waals surface area contributed by atoms with Crippen molar-refractivity contribution < 1.29 is 22.8 Å². The molecule has 0 aliphatic rings. The summed E-state index contributed by atoms with van der Waals surface area (Å²) in [4.78, 5) is 27.2. The first-order valence-electron chi connectivity index (χ1n) is 8.09. The number of anilines is 1. The lowest BCUT2D eigenvalue weighted by molar-refractivity contribution is -0.140. The fourth-order valence-electron chi connectivity index (χ4n) is 2.33. The van der Waals surface area contributed by atoms with Gasteiger partial charge in [0, 0.05) is 10.9 Å². The summed E-state index contributed by atoms with van der Waals surface area (Å²) in [7, 11) is 0. The van der Waals surface area contributed by atoms with Crippen molar-refractivity contribution in [3.63, 3.8) is 0 Å². The third-order valence-corrected chi connectivity index (χ3v) is 4.46. The van der Waals surface area contributed by atoms with Crippen LogP contribution in [0.3, 0.4) is 0 Å². The Kier molecular flexibility index (Phi) is 5.74. The summed E-state index contributed by atoms with van der Waals surface area (Å²) >= 11 is 0.659. The highest BCUT2D eigenvalue weighted by atomic mass is 32.1. The van der Waals surface area contributed by atoms with Crippen molar-refractivity contribution in [2.45, 2.75) is 6.18 Å². The van der Waals surface area contributed by atoms with Crippen LogP contribution in [0.4, 0.5) is 18.3 Å². The number of thiazole rings is 1. The third-order valence-electron chi connectivity index (χ3n) is 3.70. The van der Waals surface area contributed by atoms with E-state index >= 15 is 0 Å². The predicted octanol–water partition coefficient (Wildman–Crippen LogP) is 4.20. The van der Waals surface area contributed by atoms with Crippen molar-refractivity contribution in [2.24, 2.45) is 0 Å². The van der Waals surface area contributed by atoms with Crippen molar-refractivity contribution in [1.29, 1.82) is 0 Å². The molecule has 0 radical (unpaired) electrons. The van der Waals surface area contributed by atoms with Crippen molar-refractivity contribution in [2.75, 3.05) is 11.9 Å². The maximum Gasteiger partial charge on any atom is 0.434 e. The number of alkyl halides is 3. The first-order valence-corrected chi connectivity index (χ1v) is 8.97. The maximum atomic E-state index is 12.5. The van der Waals surface area contributed by atoms with E-state index in [1.54, 1.807) is 24.3 Å².